The maximum Gasteiger partial charge on any atom is 0.274 e. The van der Waals surface area contributed by atoms with Crippen LogP contribution in [0.4, 0.5) is 20.2 Å². The number of nitrogens with zero attached hydrogens (tertiary/aromatic N) is 3. The smallest absolute Gasteiger partial charge is 0.274 e. The van der Waals surface area contributed by atoms with Crippen LogP contribution in [0.5, 0.6) is 5.75 Å². The van der Waals surface area contributed by atoms with E-state index < -0.39 is 17.2 Å². The van der Waals surface area contributed by atoms with E-state index in [4.69, 9.17) is 16.3 Å². The van der Waals surface area contributed by atoms with Crippen molar-refractivity contribution in [3.05, 3.63) is 99.5 Å². The Morgan fingerprint density at radius 2 is 1.94 bits per heavy atom. The number of hydrogen-bond donors (Lipinski definition) is 1. The summed E-state index contributed by atoms with van der Waals surface area (Å²) in [5, 5.41) is 3.33. The van der Waals surface area contributed by atoms with Gasteiger partial charge in [0.05, 0.1) is 36.4 Å². The topological polar surface area (TPSA) is 61.1 Å². The molecular weight excluding hydrogens is 438 g/mol. The van der Waals surface area contributed by atoms with E-state index in [2.05, 4.69) is 10.3 Å². The summed E-state index contributed by atoms with van der Waals surface area (Å²) in [6.07, 6.45) is 4.96. The van der Waals surface area contributed by atoms with Gasteiger partial charge in [-0.3, -0.25) is 4.79 Å². The first-order valence-corrected chi connectivity index (χ1v) is 10.0. The van der Waals surface area contributed by atoms with Gasteiger partial charge in [0, 0.05) is 35.8 Å². The molecule has 4 aromatic rings. The molecule has 0 aliphatic heterocycles. The summed E-state index contributed by atoms with van der Waals surface area (Å²) in [4.78, 5) is 17.2. The van der Waals surface area contributed by atoms with Gasteiger partial charge in [-0.05, 0) is 31.2 Å². The van der Waals surface area contributed by atoms with E-state index in [1.165, 1.54) is 22.9 Å². The standard InChI is InChI=1S/C23H19ClF2N4O2/c1-14-10-30(13-27-14)21-6-5-18(9-22(21)32-2)28-20-7-16(24)12-29(23(20)31)11-15-3-4-17(25)8-19(15)26/h3-10,12-13,28H,11H2,1-2H3. The predicted octanol–water partition coefficient (Wildman–Crippen LogP) is 5.07. The number of aryl methyl sites for hydroxylation is 1. The van der Waals surface area contributed by atoms with E-state index in [-0.39, 0.29) is 22.8 Å². The lowest BCUT2D eigenvalue weighted by atomic mass is 10.2. The molecule has 1 N–H and O–H groups in total. The molecule has 0 fully saturated rings. The van der Waals surface area contributed by atoms with Gasteiger partial charge in [-0.1, -0.05) is 17.7 Å². The van der Waals surface area contributed by atoms with Crippen LogP contribution in [0.1, 0.15) is 11.3 Å². The number of ether oxygens (including phenoxy) is 1. The zero-order valence-corrected chi connectivity index (χ0v) is 18.0. The molecule has 0 saturated heterocycles. The Bertz CT molecular complexity index is 1350. The van der Waals surface area contributed by atoms with Crippen LogP contribution >= 0.6 is 11.6 Å². The number of benzene rings is 2. The number of methoxy groups -OCH3 is 1. The monoisotopic (exact) mass is 456 g/mol. The molecule has 0 aliphatic rings. The maximum absolute atomic E-state index is 14.1. The summed E-state index contributed by atoms with van der Waals surface area (Å²) in [5.74, 6) is -0.847. The third kappa shape index (κ3) is 4.50. The first-order valence-electron chi connectivity index (χ1n) is 9.64. The highest BCUT2D eigenvalue weighted by Gasteiger charge is 2.12. The van der Waals surface area contributed by atoms with Crippen LogP contribution in [0.2, 0.25) is 5.02 Å². The van der Waals surface area contributed by atoms with Crippen LogP contribution in [0.15, 0.2) is 66.0 Å². The average Bonchev–Trinajstić information content (AvgIpc) is 3.19. The lowest BCUT2D eigenvalue weighted by molar-refractivity contribution is 0.413. The van der Waals surface area contributed by atoms with Crippen LogP contribution < -0.4 is 15.6 Å². The van der Waals surface area contributed by atoms with Crippen LogP contribution in [0.3, 0.4) is 0 Å². The highest BCUT2D eigenvalue weighted by atomic mass is 35.5. The van der Waals surface area contributed by atoms with Crippen molar-refractivity contribution in [1.29, 1.82) is 0 Å². The van der Waals surface area contributed by atoms with Crippen LogP contribution in [0, 0.1) is 18.6 Å². The van der Waals surface area contributed by atoms with Crippen LogP contribution in [-0.2, 0) is 6.54 Å². The van der Waals surface area contributed by atoms with Crippen molar-refractivity contribution < 1.29 is 13.5 Å². The Morgan fingerprint density at radius 3 is 2.62 bits per heavy atom. The van der Waals surface area contributed by atoms with Crippen LogP contribution in [-0.4, -0.2) is 21.2 Å². The van der Waals surface area contributed by atoms with Gasteiger partial charge in [0.15, 0.2) is 0 Å². The molecule has 0 radical (unpaired) electrons. The Morgan fingerprint density at radius 1 is 1.12 bits per heavy atom. The second kappa shape index (κ2) is 8.84. The number of nitrogens with one attached hydrogen (secondary N) is 1. The third-order valence-electron chi connectivity index (χ3n) is 4.86. The molecule has 164 valence electrons. The van der Waals surface area contributed by atoms with Gasteiger partial charge in [-0.25, -0.2) is 13.8 Å². The minimum Gasteiger partial charge on any atom is -0.494 e. The van der Waals surface area contributed by atoms with E-state index in [1.54, 1.807) is 25.6 Å². The van der Waals surface area contributed by atoms with Gasteiger partial charge in [0.1, 0.15) is 23.1 Å². The normalized spacial score (nSPS) is 10.9. The van der Waals surface area contributed by atoms with Crippen molar-refractivity contribution in [2.75, 3.05) is 12.4 Å². The fourth-order valence-corrected chi connectivity index (χ4v) is 3.54. The summed E-state index contributed by atoms with van der Waals surface area (Å²) in [6.45, 7) is 1.79. The highest BCUT2D eigenvalue weighted by Crippen LogP contribution is 2.28. The van der Waals surface area contributed by atoms with Crippen molar-refractivity contribution >= 4 is 23.0 Å². The number of aromatic nitrogens is 3. The third-order valence-corrected chi connectivity index (χ3v) is 5.06. The molecule has 6 nitrogen and oxygen atoms in total. The molecule has 0 saturated carbocycles. The SMILES string of the molecule is COc1cc(Nc2cc(Cl)cn(Cc3ccc(F)cc3F)c2=O)ccc1-n1cnc(C)c1. The van der Waals surface area contributed by atoms with Crippen molar-refractivity contribution in [2.24, 2.45) is 0 Å². The second-order valence-electron chi connectivity index (χ2n) is 7.17. The molecule has 0 atom stereocenters. The molecule has 2 heterocycles. The number of rotatable bonds is 6. The molecule has 2 aromatic heterocycles. The minimum atomic E-state index is -0.735. The van der Waals surface area contributed by atoms with E-state index in [0.717, 1.165) is 23.5 Å². The highest BCUT2D eigenvalue weighted by molar-refractivity contribution is 6.30. The predicted molar refractivity (Wildman–Crippen MR) is 119 cm³/mol. The first kappa shape index (κ1) is 21.6. The molecule has 9 heteroatoms. The van der Waals surface area contributed by atoms with Crippen molar-refractivity contribution in [3.63, 3.8) is 0 Å². The summed E-state index contributed by atoms with van der Waals surface area (Å²) < 4.78 is 35.8. The van der Waals surface area contributed by atoms with Crippen molar-refractivity contribution in [1.82, 2.24) is 14.1 Å². The lowest BCUT2D eigenvalue weighted by Gasteiger charge is -2.14. The summed E-state index contributed by atoms with van der Waals surface area (Å²) >= 11 is 6.20. The summed E-state index contributed by atoms with van der Waals surface area (Å²) in [7, 11) is 1.55. The minimum absolute atomic E-state index is 0.0948. The van der Waals surface area contributed by atoms with Crippen molar-refractivity contribution in [3.8, 4) is 11.4 Å². The van der Waals surface area contributed by atoms with E-state index >= 15 is 0 Å². The zero-order valence-electron chi connectivity index (χ0n) is 17.3. The van der Waals surface area contributed by atoms with E-state index in [9.17, 15) is 13.6 Å². The number of anilines is 2. The Kier molecular flexibility index (Phi) is 5.96. The Balaban J connectivity index is 1.65. The number of halogens is 3. The van der Waals surface area contributed by atoms with E-state index in [0.29, 0.717) is 11.4 Å². The largest absolute Gasteiger partial charge is 0.494 e. The molecule has 0 unspecified atom stereocenters. The quantitative estimate of drug-likeness (QED) is 0.440. The molecule has 0 spiro atoms. The first-order chi connectivity index (χ1) is 15.3. The molecule has 4 rings (SSSR count). The fourth-order valence-electron chi connectivity index (χ4n) is 3.32. The molecule has 32 heavy (non-hydrogen) atoms. The van der Waals surface area contributed by atoms with Crippen LogP contribution in [0.25, 0.3) is 5.69 Å². The van der Waals surface area contributed by atoms with E-state index in [1.807, 2.05) is 23.8 Å². The molecule has 0 amide bonds. The zero-order chi connectivity index (χ0) is 22.8. The molecule has 2 aromatic carbocycles. The Labute approximate surface area is 187 Å². The van der Waals surface area contributed by atoms with Crippen molar-refractivity contribution in [2.45, 2.75) is 13.5 Å². The second-order valence-corrected chi connectivity index (χ2v) is 7.61. The molecule has 0 bridgehead atoms. The molecular formula is C23H19ClF2N4O2. The fraction of sp³-hybridized carbons (Fsp3) is 0.130. The lowest BCUT2D eigenvalue weighted by Crippen LogP contribution is -2.23. The molecule has 0 aliphatic carbocycles. The number of imidazole rings is 1. The van der Waals surface area contributed by atoms with Gasteiger partial charge >= 0.3 is 0 Å². The average molecular weight is 457 g/mol. The van der Waals surface area contributed by atoms with Gasteiger partial charge < -0.3 is 19.2 Å². The van der Waals surface area contributed by atoms with Gasteiger partial charge in [-0.2, -0.15) is 0 Å². The van der Waals surface area contributed by atoms with Gasteiger partial charge in [0.2, 0.25) is 0 Å². The summed E-state index contributed by atoms with van der Waals surface area (Å²) in [6, 6.07) is 10.1. The number of pyridine rings is 1. The van der Waals surface area contributed by atoms with Gasteiger partial charge in [0.25, 0.3) is 5.56 Å². The maximum atomic E-state index is 14.1. The summed E-state index contributed by atoms with van der Waals surface area (Å²) in [5.41, 5.74) is 2.21. The number of hydrogen-bond acceptors (Lipinski definition) is 4. The van der Waals surface area contributed by atoms with Gasteiger partial charge in [-0.15, -0.1) is 0 Å². The Hall–Kier alpha value is -3.65.